The fourth-order valence-corrected chi connectivity index (χ4v) is 4.20. The average Bonchev–Trinajstić information content (AvgIpc) is 3.32. The Morgan fingerprint density at radius 2 is 1.89 bits per heavy atom. The van der Waals surface area contributed by atoms with Crippen LogP contribution in [0.4, 0.5) is 0 Å². The highest BCUT2D eigenvalue weighted by atomic mass is 32.1. The third kappa shape index (κ3) is 3.54. The Hall–Kier alpha value is -2.66. The Bertz CT molecular complexity index is 933. The number of hydrogen-bond acceptors (Lipinski definition) is 2. The summed E-state index contributed by atoms with van der Waals surface area (Å²) in [5.74, 6) is 0. The van der Waals surface area contributed by atoms with Crippen molar-refractivity contribution in [2.24, 2.45) is 0 Å². The number of pyridine rings is 1. The van der Waals surface area contributed by atoms with E-state index < -0.39 is 0 Å². The summed E-state index contributed by atoms with van der Waals surface area (Å²) in [5.41, 5.74) is 4.67. The Labute approximate surface area is 172 Å². The number of aromatic nitrogens is 2. The lowest BCUT2D eigenvalue weighted by Crippen LogP contribution is -2.31. The predicted octanol–water partition coefficient (Wildman–Crippen LogP) is 4.95. The van der Waals surface area contributed by atoms with E-state index in [9.17, 15) is 0 Å². The molecule has 1 aromatic carbocycles. The van der Waals surface area contributed by atoms with Crippen molar-refractivity contribution in [3.8, 4) is 5.69 Å². The summed E-state index contributed by atoms with van der Waals surface area (Å²) in [6.07, 6.45) is 6.23. The molecule has 2 atom stereocenters. The van der Waals surface area contributed by atoms with Crippen molar-refractivity contribution in [2.45, 2.75) is 38.8 Å². The number of hydrogen-bond donors (Lipinski definition) is 1. The highest BCUT2D eigenvalue weighted by Crippen LogP contribution is 2.39. The molecule has 4 rings (SSSR count). The number of thiocarbonyl (C=S) groups is 1. The molecule has 0 unspecified atom stereocenters. The zero-order valence-corrected chi connectivity index (χ0v) is 17.2. The molecule has 0 bridgehead atoms. The van der Waals surface area contributed by atoms with Crippen LogP contribution in [0.1, 0.15) is 48.8 Å². The van der Waals surface area contributed by atoms with Gasteiger partial charge >= 0.3 is 0 Å². The van der Waals surface area contributed by atoms with E-state index in [1.807, 2.05) is 18.3 Å². The number of rotatable bonds is 6. The van der Waals surface area contributed by atoms with Gasteiger partial charge in [-0.25, -0.2) is 0 Å². The van der Waals surface area contributed by atoms with E-state index in [0.29, 0.717) is 0 Å². The second kappa shape index (κ2) is 8.15. The molecule has 1 saturated heterocycles. The van der Waals surface area contributed by atoms with Crippen molar-refractivity contribution in [1.82, 2.24) is 19.8 Å². The number of aryl methyl sites for hydroxylation is 1. The minimum Gasteiger partial charge on any atom is -0.352 e. The lowest BCUT2D eigenvalue weighted by Gasteiger charge is -2.29. The molecular weight excluding hydrogens is 364 g/mol. The zero-order chi connectivity index (χ0) is 19.5. The SMILES string of the molecule is CCCCN1C(=S)N[C@@H](c2ccccn2)[C@@H]1c1cccn1-c1ccc(C)cc1. The van der Waals surface area contributed by atoms with Crippen LogP contribution in [0.25, 0.3) is 5.69 Å². The quantitative estimate of drug-likeness (QED) is 0.604. The number of nitrogens with zero attached hydrogens (tertiary/aromatic N) is 3. The van der Waals surface area contributed by atoms with Crippen LogP contribution in [-0.2, 0) is 0 Å². The van der Waals surface area contributed by atoms with E-state index >= 15 is 0 Å². The molecule has 1 aliphatic heterocycles. The molecule has 3 aromatic rings. The highest BCUT2D eigenvalue weighted by molar-refractivity contribution is 7.80. The fraction of sp³-hybridized carbons (Fsp3) is 0.304. The van der Waals surface area contributed by atoms with Gasteiger partial charge in [-0.05, 0) is 62.0 Å². The van der Waals surface area contributed by atoms with E-state index in [-0.39, 0.29) is 12.1 Å². The summed E-state index contributed by atoms with van der Waals surface area (Å²) in [4.78, 5) is 6.96. The van der Waals surface area contributed by atoms with Gasteiger partial charge in [-0.1, -0.05) is 37.1 Å². The molecule has 0 saturated carbocycles. The Balaban J connectivity index is 1.78. The van der Waals surface area contributed by atoms with Crippen LogP contribution in [0.5, 0.6) is 0 Å². The highest BCUT2D eigenvalue weighted by Gasteiger charge is 2.40. The summed E-state index contributed by atoms with van der Waals surface area (Å²) in [6.45, 7) is 5.27. The first-order valence-corrected chi connectivity index (χ1v) is 10.3. The van der Waals surface area contributed by atoms with Gasteiger partial charge in [-0.3, -0.25) is 4.98 Å². The lowest BCUT2D eigenvalue weighted by atomic mass is 10.0. The van der Waals surface area contributed by atoms with Gasteiger partial charge in [0, 0.05) is 30.3 Å². The first kappa shape index (κ1) is 18.7. The number of nitrogens with one attached hydrogen (secondary N) is 1. The first-order valence-electron chi connectivity index (χ1n) is 9.91. The molecule has 0 amide bonds. The van der Waals surface area contributed by atoms with Crippen LogP contribution < -0.4 is 5.32 Å². The largest absolute Gasteiger partial charge is 0.352 e. The van der Waals surface area contributed by atoms with Crippen molar-refractivity contribution in [2.75, 3.05) is 6.54 Å². The lowest BCUT2D eigenvalue weighted by molar-refractivity contribution is 0.304. The smallest absolute Gasteiger partial charge is 0.170 e. The normalized spacial score (nSPS) is 19.1. The summed E-state index contributed by atoms with van der Waals surface area (Å²) < 4.78 is 2.27. The molecule has 5 heteroatoms. The van der Waals surface area contributed by atoms with Gasteiger partial charge in [0.1, 0.15) is 0 Å². The van der Waals surface area contributed by atoms with Gasteiger partial charge in [0.05, 0.1) is 17.8 Å². The number of benzene rings is 1. The van der Waals surface area contributed by atoms with Crippen LogP contribution in [0.2, 0.25) is 0 Å². The van der Waals surface area contributed by atoms with Crippen molar-refractivity contribution >= 4 is 17.3 Å². The molecule has 0 aliphatic carbocycles. The first-order chi connectivity index (χ1) is 13.7. The van der Waals surface area contributed by atoms with Gasteiger partial charge < -0.3 is 14.8 Å². The average molecular weight is 391 g/mol. The van der Waals surface area contributed by atoms with E-state index in [4.69, 9.17) is 12.2 Å². The monoisotopic (exact) mass is 390 g/mol. The summed E-state index contributed by atoms with van der Waals surface area (Å²) in [7, 11) is 0. The maximum absolute atomic E-state index is 5.74. The Morgan fingerprint density at radius 1 is 1.07 bits per heavy atom. The van der Waals surface area contributed by atoms with Crippen LogP contribution in [-0.4, -0.2) is 26.1 Å². The third-order valence-corrected chi connectivity index (χ3v) is 5.70. The molecule has 28 heavy (non-hydrogen) atoms. The minimum atomic E-state index is 0.0321. The molecule has 1 aliphatic rings. The van der Waals surface area contributed by atoms with E-state index in [1.54, 1.807) is 0 Å². The van der Waals surface area contributed by atoms with Crippen molar-refractivity contribution in [1.29, 1.82) is 0 Å². The summed E-state index contributed by atoms with van der Waals surface area (Å²) in [5, 5.41) is 4.35. The van der Waals surface area contributed by atoms with Crippen LogP contribution in [0.15, 0.2) is 67.0 Å². The molecular formula is C23H26N4S. The minimum absolute atomic E-state index is 0.0321. The molecule has 4 nitrogen and oxygen atoms in total. The van der Waals surface area contributed by atoms with Crippen molar-refractivity contribution in [3.63, 3.8) is 0 Å². The van der Waals surface area contributed by atoms with E-state index in [1.165, 1.54) is 16.9 Å². The second-order valence-electron chi connectivity index (χ2n) is 7.31. The standard InChI is InChI=1S/C23H26N4S/c1-3-4-15-27-22(21(25-23(27)28)19-8-5-6-14-24-19)20-9-7-16-26(20)18-12-10-17(2)11-13-18/h5-14,16,21-22H,3-4,15H2,1-2H3,(H,25,28)/t21-,22-/m0/s1. The van der Waals surface area contributed by atoms with Crippen LogP contribution in [0, 0.1) is 6.92 Å². The van der Waals surface area contributed by atoms with Gasteiger partial charge in [0.2, 0.25) is 0 Å². The maximum Gasteiger partial charge on any atom is 0.170 e. The zero-order valence-electron chi connectivity index (χ0n) is 16.4. The molecule has 144 valence electrons. The van der Waals surface area contributed by atoms with Gasteiger partial charge in [-0.2, -0.15) is 0 Å². The van der Waals surface area contributed by atoms with Gasteiger partial charge in [0.25, 0.3) is 0 Å². The van der Waals surface area contributed by atoms with E-state index in [2.05, 4.69) is 82.3 Å². The second-order valence-corrected chi connectivity index (χ2v) is 7.70. The predicted molar refractivity (Wildman–Crippen MR) is 118 cm³/mol. The molecule has 0 radical (unpaired) electrons. The molecule has 0 spiro atoms. The van der Waals surface area contributed by atoms with E-state index in [0.717, 1.165) is 30.2 Å². The topological polar surface area (TPSA) is 33.1 Å². The summed E-state index contributed by atoms with van der Waals surface area (Å²) >= 11 is 5.74. The molecule has 2 aromatic heterocycles. The Kier molecular flexibility index (Phi) is 5.44. The summed E-state index contributed by atoms with van der Waals surface area (Å²) in [6, 6.07) is 19.2. The maximum atomic E-state index is 5.74. The van der Waals surface area contributed by atoms with Crippen molar-refractivity contribution in [3.05, 3.63) is 83.9 Å². The van der Waals surface area contributed by atoms with Gasteiger partial charge in [-0.15, -0.1) is 0 Å². The molecule has 3 heterocycles. The number of unbranched alkanes of at least 4 members (excludes halogenated alkanes) is 1. The van der Waals surface area contributed by atoms with Crippen LogP contribution >= 0.6 is 12.2 Å². The van der Waals surface area contributed by atoms with Crippen LogP contribution in [0.3, 0.4) is 0 Å². The van der Waals surface area contributed by atoms with Crippen molar-refractivity contribution < 1.29 is 0 Å². The molecule has 1 fully saturated rings. The van der Waals surface area contributed by atoms with Gasteiger partial charge in [0.15, 0.2) is 5.11 Å². The Morgan fingerprint density at radius 3 is 2.61 bits per heavy atom. The third-order valence-electron chi connectivity index (χ3n) is 5.35. The fourth-order valence-electron chi connectivity index (χ4n) is 3.87. The molecule has 1 N–H and O–H groups in total.